The maximum absolute atomic E-state index is 12.4. The van der Waals surface area contributed by atoms with Gasteiger partial charge in [-0.1, -0.05) is 35.9 Å². The van der Waals surface area contributed by atoms with Gasteiger partial charge >= 0.3 is 0 Å². The Hall–Kier alpha value is -2.25. The van der Waals surface area contributed by atoms with Gasteiger partial charge in [0.1, 0.15) is 10.6 Å². The van der Waals surface area contributed by atoms with E-state index in [0.29, 0.717) is 5.75 Å². The van der Waals surface area contributed by atoms with Gasteiger partial charge in [-0.05, 0) is 24.3 Å². The summed E-state index contributed by atoms with van der Waals surface area (Å²) in [5, 5.41) is 0.118. The van der Waals surface area contributed by atoms with Gasteiger partial charge in [0.15, 0.2) is 0 Å². The molecule has 0 fully saturated rings. The number of anilines is 1. The largest absolute Gasteiger partial charge is 0.491 e. The molecule has 0 unspecified atom stereocenters. The third-order valence-electron chi connectivity index (χ3n) is 2.86. The molecule has 2 aromatic carbocycles. The molecular formula is C15H15ClN2O4S. The van der Waals surface area contributed by atoms with Crippen LogP contribution in [0.4, 0.5) is 5.69 Å². The van der Waals surface area contributed by atoms with Gasteiger partial charge in [0.05, 0.1) is 23.7 Å². The molecule has 3 N–H and O–H groups in total. The lowest BCUT2D eigenvalue weighted by atomic mass is 10.3. The Labute approximate surface area is 139 Å². The van der Waals surface area contributed by atoms with Crippen LogP contribution in [-0.4, -0.2) is 20.9 Å². The van der Waals surface area contributed by atoms with E-state index in [2.05, 4.69) is 4.72 Å². The molecule has 0 aliphatic rings. The number of carbonyl (C=O) groups is 1. The second-order valence-electron chi connectivity index (χ2n) is 4.60. The smallest absolute Gasteiger partial charge is 0.263 e. The Morgan fingerprint density at radius 1 is 1.13 bits per heavy atom. The quantitative estimate of drug-likeness (QED) is 0.797. The molecule has 0 saturated carbocycles. The molecule has 0 radical (unpaired) electrons. The molecule has 0 aliphatic carbocycles. The number of carbonyl (C=O) groups excluding carboxylic acids is 1. The number of ether oxygens (including phenoxy) is 1. The van der Waals surface area contributed by atoms with Gasteiger partial charge < -0.3 is 10.5 Å². The Morgan fingerprint density at radius 3 is 2.48 bits per heavy atom. The Kier molecular flexibility index (Phi) is 5.46. The second-order valence-corrected chi connectivity index (χ2v) is 6.65. The Bertz CT molecular complexity index is 809. The van der Waals surface area contributed by atoms with Crippen molar-refractivity contribution in [2.45, 2.75) is 11.3 Å². The molecule has 0 aliphatic heterocycles. The van der Waals surface area contributed by atoms with E-state index in [1.54, 1.807) is 36.4 Å². The van der Waals surface area contributed by atoms with Crippen molar-refractivity contribution in [2.75, 3.05) is 11.3 Å². The van der Waals surface area contributed by atoms with Crippen molar-refractivity contribution in [2.24, 2.45) is 5.73 Å². The van der Waals surface area contributed by atoms with Gasteiger partial charge in [0.2, 0.25) is 5.91 Å². The molecule has 0 aromatic heterocycles. The van der Waals surface area contributed by atoms with Crippen LogP contribution in [0.3, 0.4) is 0 Å². The minimum Gasteiger partial charge on any atom is -0.491 e. The summed E-state index contributed by atoms with van der Waals surface area (Å²) in [7, 11) is -3.86. The van der Waals surface area contributed by atoms with E-state index < -0.39 is 15.9 Å². The number of para-hydroxylation sites is 2. The summed E-state index contributed by atoms with van der Waals surface area (Å²) in [4.78, 5) is 10.7. The fourth-order valence-corrected chi connectivity index (χ4v) is 3.39. The molecule has 0 heterocycles. The van der Waals surface area contributed by atoms with Crippen LogP contribution < -0.4 is 15.2 Å². The third-order valence-corrected chi connectivity index (χ3v) is 4.73. The fraction of sp³-hybridized carbons (Fsp3) is 0.133. The van der Waals surface area contributed by atoms with Crippen molar-refractivity contribution >= 4 is 33.2 Å². The van der Waals surface area contributed by atoms with Crippen LogP contribution in [0.2, 0.25) is 5.02 Å². The van der Waals surface area contributed by atoms with Gasteiger partial charge in [0, 0.05) is 0 Å². The first-order valence-electron chi connectivity index (χ1n) is 6.67. The first-order valence-corrected chi connectivity index (χ1v) is 8.54. The predicted octanol–water partition coefficient (Wildman–Crippen LogP) is 2.40. The summed E-state index contributed by atoms with van der Waals surface area (Å²) >= 11 is 5.93. The molecule has 0 saturated heterocycles. The molecule has 0 atom stereocenters. The molecule has 23 heavy (non-hydrogen) atoms. The van der Waals surface area contributed by atoms with Crippen LogP contribution in [0, 0.1) is 0 Å². The number of nitrogens with two attached hydrogens (primary N) is 1. The summed E-state index contributed by atoms with van der Waals surface area (Å²) in [5.74, 6) is -0.205. The zero-order chi connectivity index (χ0) is 16.9. The molecule has 0 bridgehead atoms. The average molecular weight is 355 g/mol. The predicted molar refractivity (Wildman–Crippen MR) is 88.0 cm³/mol. The van der Waals surface area contributed by atoms with E-state index >= 15 is 0 Å². The zero-order valence-electron chi connectivity index (χ0n) is 12.0. The first kappa shape index (κ1) is 17.1. The van der Waals surface area contributed by atoms with Gasteiger partial charge in [-0.2, -0.15) is 0 Å². The molecule has 122 valence electrons. The first-order chi connectivity index (χ1) is 10.9. The van der Waals surface area contributed by atoms with Crippen LogP contribution in [0.1, 0.15) is 6.42 Å². The van der Waals surface area contributed by atoms with Crippen molar-refractivity contribution in [3.8, 4) is 5.75 Å². The summed E-state index contributed by atoms with van der Waals surface area (Å²) in [6.45, 7) is 0.0557. The van der Waals surface area contributed by atoms with Gasteiger partial charge in [-0.15, -0.1) is 0 Å². The van der Waals surface area contributed by atoms with E-state index in [4.69, 9.17) is 22.1 Å². The number of benzene rings is 2. The standard InChI is InChI=1S/C15H15ClN2O4S/c16-11-5-1-4-8-14(11)23(20,21)18-12-6-2-3-7-13(12)22-10-9-15(17)19/h1-8,18H,9-10H2,(H2,17,19). The van der Waals surface area contributed by atoms with Crippen molar-refractivity contribution in [1.82, 2.24) is 0 Å². The average Bonchev–Trinajstić information content (AvgIpc) is 2.48. The van der Waals surface area contributed by atoms with E-state index in [0.717, 1.165) is 0 Å². The molecule has 2 aromatic rings. The van der Waals surface area contributed by atoms with Gasteiger partial charge in [-0.25, -0.2) is 8.42 Å². The van der Waals surface area contributed by atoms with Crippen molar-refractivity contribution in [3.05, 3.63) is 53.6 Å². The maximum atomic E-state index is 12.4. The van der Waals surface area contributed by atoms with Crippen LogP contribution >= 0.6 is 11.6 Å². The highest BCUT2D eigenvalue weighted by atomic mass is 35.5. The van der Waals surface area contributed by atoms with Crippen LogP contribution in [0.15, 0.2) is 53.4 Å². The number of primary amides is 1. The number of rotatable bonds is 7. The van der Waals surface area contributed by atoms with E-state index in [-0.39, 0.29) is 28.6 Å². The third kappa shape index (κ3) is 4.61. The van der Waals surface area contributed by atoms with Gasteiger partial charge in [-0.3, -0.25) is 9.52 Å². The summed E-state index contributed by atoms with van der Waals surface area (Å²) < 4.78 is 32.7. The van der Waals surface area contributed by atoms with E-state index in [1.165, 1.54) is 12.1 Å². The minimum absolute atomic E-state index is 0.0333. The van der Waals surface area contributed by atoms with Crippen molar-refractivity contribution in [1.29, 1.82) is 0 Å². The highest BCUT2D eigenvalue weighted by molar-refractivity contribution is 7.92. The van der Waals surface area contributed by atoms with E-state index in [1.807, 2.05) is 0 Å². The molecule has 2 rings (SSSR count). The lowest BCUT2D eigenvalue weighted by Crippen LogP contribution is -2.16. The lowest BCUT2D eigenvalue weighted by Gasteiger charge is -2.13. The number of hydrogen-bond donors (Lipinski definition) is 2. The monoisotopic (exact) mass is 354 g/mol. The highest BCUT2D eigenvalue weighted by Gasteiger charge is 2.19. The van der Waals surface area contributed by atoms with E-state index in [9.17, 15) is 13.2 Å². The highest BCUT2D eigenvalue weighted by Crippen LogP contribution is 2.28. The fourth-order valence-electron chi connectivity index (χ4n) is 1.80. The Balaban J connectivity index is 2.23. The topological polar surface area (TPSA) is 98.5 Å². The second kappa shape index (κ2) is 7.34. The Morgan fingerprint density at radius 2 is 1.78 bits per heavy atom. The van der Waals surface area contributed by atoms with Crippen LogP contribution in [0.25, 0.3) is 0 Å². The summed E-state index contributed by atoms with van der Waals surface area (Å²) in [6, 6.07) is 12.6. The van der Waals surface area contributed by atoms with Crippen LogP contribution in [0.5, 0.6) is 5.75 Å². The molecule has 1 amide bonds. The SMILES string of the molecule is NC(=O)CCOc1ccccc1NS(=O)(=O)c1ccccc1Cl. The molecular weight excluding hydrogens is 340 g/mol. The maximum Gasteiger partial charge on any atom is 0.263 e. The number of hydrogen-bond acceptors (Lipinski definition) is 4. The molecule has 0 spiro atoms. The summed E-state index contributed by atoms with van der Waals surface area (Å²) in [6.07, 6.45) is 0.0333. The molecule has 8 heteroatoms. The number of nitrogens with one attached hydrogen (secondary N) is 1. The summed E-state index contributed by atoms with van der Waals surface area (Å²) in [5.41, 5.74) is 5.29. The number of halogens is 1. The zero-order valence-corrected chi connectivity index (χ0v) is 13.6. The minimum atomic E-state index is -3.86. The number of amides is 1. The normalized spacial score (nSPS) is 11.0. The molecule has 6 nitrogen and oxygen atoms in total. The number of sulfonamides is 1. The lowest BCUT2D eigenvalue weighted by molar-refractivity contribution is -0.118. The van der Waals surface area contributed by atoms with Crippen LogP contribution in [-0.2, 0) is 14.8 Å². The van der Waals surface area contributed by atoms with Gasteiger partial charge in [0.25, 0.3) is 10.0 Å². The van der Waals surface area contributed by atoms with Crippen molar-refractivity contribution in [3.63, 3.8) is 0 Å². The van der Waals surface area contributed by atoms with Crippen molar-refractivity contribution < 1.29 is 17.9 Å².